The first kappa shape index (κ1) is 17.4. The van der Waals surface area contributed by atoms with Crippen LogP contribution in [0.3, 0.4) is 0 Å². The minimum absolute atomic E-state index is 0.0434. The number of imidazole rings is 1. The van der Waals surface area contributed by atoms with Crippen LogP contribution in [0.15, 0.2) is 48.5 Å². The number of rotatable bonds is 6. The van der Waals surface area contributed by atoms with Crippen LogP contribution in [0.5, 0.6) is 5.75 Å². The molecule has 27 heavy (non-hydrogen) atoms. The molecule has 0 radical (unpaired) electrons. The standard InChI is InChI=1S/C19H20N4O4/c24-23(25)15-5-7-16(8-6-15)27-13-19-20-17-3-1-2-4-18(17)22(19)14-21-9-11-26-12-10-21/h1-8H,9-14H2. The minimum atomic E-state index is -0.425. The molecule has 1 saturated heterocycles. The number of nitrogens with zero attached hydrogens (tertiary/aromatic N) is 4. The SMILES string of the molecule is O=[N+]([O-])c1ccc(OCc2nc3ccccc3n2CN2CCOCC2)cc1. The molecule has 2 heterocycles. The Kier molecular flexibility index (Phi) is 4.99. The van der Waals surface area contributed by atoms with Crippen molar-refractivity contribution in [2.45, 2.75) is 13.3 Å². The Morgan fingerprint density at radius 3 is 2.59 bits per heavy atom. The van der Waals surface area contributed by atoms with Crippen molar-refractivity contribution in [2.24, 2.45) is 0 Å². The van der Waals surface area contributed by atoms with Gasteiger partial charge in [0.05, 0.1) is 35.8 Å². The predicted octanol–water partition coefficient (Wildman–Crippen LogP) is 2.81. The Morgan fingerprint density at radius 1 is 1.11 bits per heavy atom. The number of nitro benzene ring substituents is 1. The zero-order valence-corrected chi connectivity index (χ0v) is 14.8. The molecular formula is C19H20N4O4. The third-order valence-corrected chi connectivity index (χ3v) is 4.59. The lowest BCUT2D eigenvalue weighted by molar-refractivity contribution is -0.384. The van der Waals surface area contributed by atoms with Crippen LogP contribution in [0.25, 0.3) is 11.0 Å². The molecule has 0 unspecified atom stereocenters. The van der Waals surface area contributed by atoms with E-state index in [1.54, 1.807) is 12.1 Å². The van der Waals surface area contributed by atoms with Gasteiger partial charge in [0.2, 0.25) is 0 Å². The molecule has 8 heteroatoms. The predicted molar refractivity (Wildman–Crippen MR) is 99.6 cm³/mol. The number of benzene rings is 2. The van der Waals surface area contributed by atoms with Crippen LogP contribution in [-0.4, -0.2) is 45.7 Å². The second-order valence-corrected chi connectivity index (χ2v) is 6.36. The molecule has 4 rings (SSSR count). The van der Waals surface area contributed by atoms with Crippen molar-refractivity contribution in [3.8, 4) is 5.75 Å². The number of morpholine rings is 1. The number of fused-ring (bicyclic) bond motifs is 1. The van der Waals surface area contributed by atoms with E-state index in [9.17, 15) is 10.1 Å². The summed E-state index contributed by atoms with van der Waals surface area (Å²) in [5, 5.41) is 10.8. The molecule has 0 spiro atoms. The topological polar surface area (TPSA) is 82.7 Å². The lowest BCUT2D eigenvalue weighted by Crippen LogP contribution is -2.37. The quantitative estimate of drug-likeness (QED) is 0.491. The van der Waals surface area contributed by atoms with Crippen molar-refractivity contribution in [3.63, 3.8) is 0 Å². The lowest BCUT2D eigenvalue weighted by Gasteiger charge is -2.27. The van der Waals surface area contributed by atoms with Gasteiger partial charge < -0.3 is 14.0 Å². The van der Waals surface area contributed by atoms with Crippen LogP contribution in [0.1, 0.15) is 5.82 Å². The first-order valence-corrected chi connectivity index (χ1v) is 8.82. The summed E-state index contributed by atoms with van der Waals surface area (Å²) in [7, 11) is 0. The highest BCUT2D eigenvalue weighted by molar-refractivity contribution is 5.75. The highest BCUT2D eigenvalue weighted by Gasteiger charge is 2.16. The molecular weight excluding hydrogens is 348 g/mol. The van der Waals surface area contributed by atoms with Crippen molar-refractivity contribution in [1.82, 2.24) is 14.5 Å². The summed E-state index contributed by atoms with van der Waals surface area (Å²) < 4.78 is 13.4. The molecule has 8 nitrogen and oxygen atoms in total. The zero-order chi connectivity index (χ0) is 18.6. The molecule has 1 aromatic heterocycles. The van der Waals surface area contributed by atoms with E-state index in [2.05, 4.69) is 15.5 Å². The molecule has 0 atom stereocenters. The van der Waals surface area contributed by atoms with Gasteiger partial charge in [-0.15, -0.1) is 0 Å². The van der Waals surface area contributed by atoms with Crippen LogP contribution >= 0.6 is 0 Å². The van der Waals surface area contributed by atoms with Gasteiger partial charge >= 0.3 is 0 Å². The molecule has 1 fully saturated rings. The van der Waals surface area contributed by atoms with Crippen LogP contribution in [0.2, 0.25) is 0 Å². The first-order valence-electron chi connectivity index (χ1n) is 8.82. The Morgan fingerprint density at radius 2 is 1.85 bits per heavy atom. The molecule has 140 valence electrons. The van der Waals surface area contributed by atoms with Crippen LogP contribution < -0.4 is 4.74 Å². The van der Waals surface area contributed by atoms with Crippen molar-refractivity contribution >= 4 is 16.7 Å². The number of aromatic nitrogens is 2. The van der Waals surface area contributed by atoms with Gasteiger partial charge in [0.15, 0.2) is 0 Å². The largest absolute Gasteiger partial charge is 0.486 e. The fraction of sp³-hybridized carbons (Fsp3) is 0.316. The Bertz CT molecular complexity index is 933. The van der Waals surface area contributed by atoms with Gasteiger partial charge in [-0.05, 0) is 24.3 Å². The summed E-state index contributed by atoms with van der Waals surface area (Å²) in [6.07, 6.45) is 0. The van der Waals surface area contributed by atoms with E-state index in [4.69, 9.17) is 14.5 Å². The molecule has 1 aliphatic rings. The second-order valence-electron chi connectivity index (χ2n) is 6.36. The van der Waals surface area contributed by atoms with Crippen molar-refractivity contribution in [2.75, 3.05) is 26.3 Å². The van der Waals surface area contributed by atoms with E-state index in [1.807, 2.05) is 18.2 Å². The van der Waals surface area contributed by atoms with E-state index in [-0.39, 0.29) is 12.3 Å². The molecule has 3 aromatic rings. The third-order valence-electron chi connectivity index (χ3n) is 4.59. The first-order chi connectivity index (χ1) is 13.2. The smallest absolute Gasteiger partial charge is 0.269 e. The van der Waals surface area contributed by atoms with Gasteiger partial charge in [-0.25, -0.2) is 4.98 Å². The average molecular weight is 368 g/mol. The summed E-state index contributed by atoms with van der Waals surface area (Å²) in [4.78, 5) is 17.4. The van der Waals surface area contributed by atoms with E-state index in [0.29, 0.717) is 5.75 Å². The number of nitro groups is 1. The molecule has 1 aliphatic heterocycles. The number of para-hydroxylation sites is 2. The molecule has 0 N–H and O–H groups in total. The van der Waals surface area contributed by atoms with Crippen LogP contribution in [0.4, 0.5) is 5.69 Å². The maximum atomic E-state index is 10.8. The van der Waals surface area contributed by atoms with Crippen molar-refractivity contribution < 1.29 is 14.4 Å². The Balaban J connectivity index is 1.54. The summed E-state index contributed by atoms with van der Waals surface area (Å²) in [5.41, 5.74) is 2.03. The average Bonchev–Trinajstić information content (AvgIpc) is 3.05. The number of non-ortho nitro benzene ring substituents is 1. The Hall–Kier alpha value is -2.97. The minimum Gasteiger partial charge on any atom is -0.486 e. The van der Waals surface area contributed by atoms with E-state index in [1.165, 1.54) is 12.1 Å². The fourth-order valence-electron chi connectivity index (χ4n) is 3.15. The van der Waals surface area contributed by atoms with Crippen LogP contribution in [-0.2, 0) is 18.0 Å². The van der Waals surface area contributed by atoms with Crippen molar-refractivity contribution in [3.05, 3.63) is 64.5 Å². The fourth-order valence-corrected chi connectivity index (χ4v) is 3.15. The molecule has 0 bridgehead atoms. The van der Waals surface area contributed by atoms with Gasteiger partial charge in [0.25, 0.3) is 5.69 Å². The second kappa shape index (κ2) is 7.73. The third kappa shape index (κ3) is 3.91. The number of hydrogen-bond donors (Lipinski definition) is 0. The zero-order valence-electron chi connectivity index (χ0n) is 14.8. The molecule has 0 aliphatic carbocycles. The highest BCUT2D eigenvalue weighted by atomic mass is 16.6. The number of ether oxygens (including phenoxy) is 2. The normalized spacial score (nSPS) is 15.1. The van der Waals surface area contributed by atoms with E-state index < -0.39 is 4.92 Å². The Labute approximate surface area is 156 Å². The van der Waals surface area contributed by atoms with Gasteiger partial charge in [-0.1, -0.05) is 12.1 Å². The highest BCUT2D eigenvalue weighted by Crippen LogP contribution is 2.21. The van der Waals surface area contributed by atoms with Gasteiger partial charge in [-0.2, -0.15) is 0 Å². The monoisotopic (exact) mass is 368 g/mol. The maximum Gasteiger partial charge on any atom is 0.269 e. The summed E-state index contributed by atoms with van der Waals surface area (Å²) in [6, 6.07) is 14.1. The van der Waals surface area contributed by atoms with E-state index in [0.717, 1.165) is 49.8 Å². The maximum absolute atomic E-state index is 10.8. The molecule has 0 saturated carbocycles. The summed E-state index contributed by atoms with van der Waals surface area (Å²) >= 11 is 0. The van der Waals surface area contributed by atoms with Crippen molar-refractivity contribution in [1.29, 1.82) is 0 Å². The summed E-state index contributed by atoms with van der Waals surface area (Å²) in [6.45, 7) is 4.26. The van der Waals surface area contributed by atoms with Gasteiger partial charge in [0, 0.05) is 25.2 Å². The lowest BCUT2D eigenvalue weighted by atomic mass is 10.3. The molecule has 2 aromatic carbocycles. The molecule has 0 amide bonds. The van der Waals surface area contributed by atoms with Gasteiger partial charge in [-0.3, -0.25) is 15.0 Å². The van der Waals surface area contributed by atoms with Gasteiger partial charge in [0.1, 0.15) is 18.2 Å². The summed E-state index contributed by atoms with van der Waals surface area (Å²) in [5.74, 6) is 1.40. The van der Waals surface area contributed by atoms with E-state index >= 15 is 0 Å². The number of hydrogen-bond acceptors (Lipinski definition) is 6. The van der Waals surface area contributed by atoms with Crippen LogP contribution in [0, 0.1) is 10.1 Å².